The Bertz CT molecular complexity index is 365. The first kappa shape index (κ1) is 16.9. The van der Waals surface area contributed by atoms with Crippen molar-refractivity contribution in [3.05, 3.63) is 18.1 Å². The predicted octanol–water partition coefficient (Wildman–Crippen LogP) is 4.61. The number of unbranched alkanes of at least 4 members (excludes halogenated alkanes) is 2. The molecule has 0 aromatic carbocycles. The third-order valence-electron chi connectivity index (χ3n) is 3.73. The van der Waals surface area contributed by atoms with Crippen LogP contribution in [0.1, 0.15) is 72.0 Å². The molecule has 0 spiro atoms. The molecule has 1 unspecified atom stereocenters. The van der Waals surface area contributed by atoms with Crippen LogP contribution in [-0.2, 0) is 6.42 Å². The highest BCUT2D eigenvalue weighted by Crippen LogP contribution is 2.18. The van der Waals surface area contributed by atoms with Gasteiger partial charge in [0.2, 0.25) is 0 Å². The van der Waals surface area contributed by atoms with Gasteiger partial charge in [0.1, 0.15) is 11.6 Å². The van der Waals surface area contributed by atoms with Crippen LogP contribution >= 0.6 is 0 Å². The lowest BCUT2D eigenvalue weighted by Crippen LogP contribution is -2.34. The molecule has 0 fully saturated rings. The van der Waals surface area contributed by atoms with Crippen molar-refractivity contribution in [2.45, 2.75) is 78.7 Å². The maximum absolute atomic E-state index is 4.78. The van der Waals surface area contributed by atoms with Crippen LogP contribution in [0.2, 0.25) is 0 Å². The van der Waals surface area contributed by atoms with Gasteiger partial charge >= 0.3 is 0 Å². The Morgan fingerprint density at radius 1 is 1.10 bits per heavy atom. The molecule has 0 saturated heterocycles. The fraction of sp³-hybridized carbons (Fsp3) is 0.765. The largest absolute Gasteiger partial charge is 0.354 e. The summed E-state index contributed by atoms with van der Waals surface area (Å²) in [5, 5.41) is 0. The van der Waals surface area contributed by atoms with E-state index in [1.165, 1.54) is 38.5 Å². The molecule has 1 atom stereocenters. The van der Waals surface area contributed by atoms with Crippen molar-refractivity contribution in [3.8, 4) is 0 Å². The van der Waals surface area contributed by atoms with Gasteiger partial charge in [-0.15, -0.1) is 0 Å². The Balaban J connectivity index is 2.82. The lowest BCUT2D eigenvalue weighted by Gasteiger charge is -2.30. The predicted molar refractivity (Wildman–Crippen MR) is 87.3 cm³/mol. The smallest absolute Gasteiger partial charge is 0.132 e. The fourth-order valence-electron chi connectivity index (χ4n) is 2.47. The zero-order valence-corrected chi connectivity index (χ0v) is 13.7. The zero-order valence-electron chi connectivity index (χ0n) is 13.7. The topological polar surface area (TPSA) is 29.0 Å². The molecule has 3 heteroatoms. The molecule has 0 amide bonds. The molecule has 1 heterocycles. The van der Waals surface area contributed by atoms with Gasteiger partial charge in [-0.3, -0.25) is 0 Å². The van der Waals surface area contributed by atoms with Crippen molar-refractivity contribution in [1.82, 2.24) is 9.97 Å². The van der Waals surface area contributed by atoms with Crippen LogP contribution in [0.25, 0.3) is 0 Å². The van der Waals surface area contributed by atoms with Crippen LogP contribution in [0.15, 0.2) is 12.3 Å². The number of nitrogens with zero attached hydrogens (tertiary/aromatic N) is 3. The Morgan fingerprint density at radius 2 is 1.85 bits per heavy atom. The highest BCUT2D eigenvalue weighted by molar-refractivity contribution is 5.38. The SMILES string of the molecule is CCCCc1nccc(N(CCCC)C(C)CCC)n1. The van der Waals surface area contributed by atoms with Crippen LogP contribution < -0.4 is 4.90 Å². The summed E-state index contributed by atoms with van der Waals surface area (Å²) >= 11 is 0. The van der Waals surface area contributed by atoms with E-state index in [4.69, 9.17) is 4.98 Å². The van der Waals surface area contributed by atoms with E-state index in [-0.39, 0.29) is 0 Å². The Hall–Kier alpha value is -1.12. The molecular formula is C17H31N3. The number of hydrogen-bond donors (Lipinski definition) is 0. The lowest BCUT2D eigenvalue weighted by atomic mass is 10.1. The van der Waals surface area contributed by atoms with E-state index in [0.29, 0.717) is 6.04 Å². The minimum atomic E-state index is 0.556. The van der Waals surface area contributed by atoms with Gasteiger partial charge in [0.05, 0.1) is 0 Å². The Kier molecular flexibility index (Phi) is 8.24. The summed E-state index contributed by atoms with van der Waals surface area (Å²) in [6.45, 7) is 10.1. The third kappa shape index (κ3) is 5.48. The Morgan fingerprint density at radius 3 is 2.50 bits per heavy atom. The fourth-order valence-corrected chi connectivity index (χ4v) is 2.47. The van der Waals surface area contributed by atoms with Gasteiger partial charge in [-0.25, -0.2) is 9.97 Å². The summed E-state index contributed by atoms with van der Waals surface area (Å²) in [5.41, 5.74) is 0. The van der Waals surface area contributed by atoms with E-state index < -0.39 is 0 Å². The minimum Gasteiger partial charge on any atom is -0.354 e. The van der Waals surface area contributed by atoms with E-state index in [1.54, 1.807) is 0 Å². The average Bonchev–Trinajstić information content (AvgIpc) is 2.46. The summed E-state index contributed by atoms with van der Waals surface area (Å²) in [6.07, 6.45) is 10.2. The van der Waals surface area contributed by atoms with Gasteiger partial charge < -0.3 is 4.90 Å². The molecule has 0 aliphatic rings. The van der Waals surface area contributed by atoms with Gasteiger partial charge in [-0.05, 0) is 32.3 Å². The Labute approximate surface area is 124 Å². The lowest BCUT2D eigenvalue weighted by molar-refractivity contribution is 0.559. The van der Waals surface area contributed by atoms with Crippen molar-refractivity contribution in [2.24, 2.45) is 0 Å². The van der Waals surface area contributed by atoms with Gasteiger partial charge in [-0.2, -0.15) is 0 Å². The molecule has 0 aliphatic carbocycles. The molecule has 1 aromatic heterocycles. The molecule has 0 saturated carbocycles. The molecule has 0 N–H and O–H groups in total. The number of aryl methyl sites for hydroxylation is 1. The van der Waals surface area contributed by atoms with Gasteiger partial charge in [0.25, 0.3) is 0 Å². The zero-order chi connectivity index (χ0) is 14.8. The minimum absolute atomic E-state index is 0.556. The van der Waals surface area contributed by atoms with Crippen molar-refractivity contribution in [2.75, 3.05) is 11.4 Å². The van der Waals surface area contributed by atoms with Crippen molar-refractivity contribution in [1.29, 1.82) is 0 Å². The molecule has 114 valence electrons. The third-order valence-corrected chi connectivity index (χ3v) is 3.73. The molecular weight excluding hydrogens is 246 g/mol. The highest BCUT2D eigenvalue weighted by Gasteiger charge is 2.15. The quantitative estimate of drug-likeness (QED) is 0.625. The maximum atomic E-state index is 4.78. The van der Waals surface area contributed by atoms with Gasteiger partial charge in [0, 0.05) is 25.2 Å². The van der Waals surface area contributed by atoms with E-state index >= 15 is 0 Å². The first-order valence-electron chi connectivity index (χ1n) is 8.31. The van der Waals surface area contributed by atoms with Crippen molar-refractivity contribution < 1.29 is 0 Å². The summed E-state index contributed by atoms with van der Waals surface area (Å²) in [6, 6.07) is 2.62. The number of hydrogen-bond acceptors (Lipinski definition) is 3. The van der Waals surface area contributed by atoms with Crippen LogP contribution in [0.3, 0.4) is 0 Å². The number of rotatable bonds is 10. The molecule has 0 aliphatic heterocycles. The van der Waals surface area contributed by atoms with Crippen LogP contribution in [-0.4, -0.2) is 22.6 Å². The highest BCUT2D eigenvalue weighted by atomic mass is 15.2. The van der Waals surface area contributed by atoms with E-state index in [9.17, 15) is 0 Å². The van der Waals surface area contributed by atoms with Gasteiger partial charge in [0.15, 0.2) is 0 Å². The van der Waals surface area contributed by atoms with Crippen molar-refractivity contribution in [3.63, 3.8) is 0 Å². The van der Waals surface area contributed by atoms with E-state index in [2.05, 4.69) is 43.6 Å². The summed E-state index contributed by atoms with van der Waals surface area (Å²) in [4.78, 5) is 11.7. The van der Waals surface area contributed by atoms with Gasteiger partial charge in [-0.1, -0.05) is 40.0 Å². The maximum Gasteiger partial charge on any atom is 0.132 e. The number of anilines is 1. The normalized spacial score (nSPS) is 12.4. The molecule has 0 radical (unpaired) electrons. The molecule has 0 bridgehead atoms. The molecule has 3 nitrogen and oxygen atoms in total. The second kappa shape index (κ2) is 9.73. The second-order valence-electron chi connectivity index (χ2n) is 5.62. The molecule has 20 heavy (non-hydrogen) atoms. The summed E-state index contributed by atoms with van der Waals surface area (Å²) in [5.74, 6) is 2.11. The van der Waals surface area contributed by atoms with E-state index in [0.717, 1.165) is 24.6 Å². The molecule has 1 rings (SSSR count). The average molecular weight is 277 g/mol. The first-order valence-corrected chi connectivity index (χ1v) is 8.31. The van der Waals surface area contributed by atoms with Crippen LogP contribution in [0.4, 0.5) is 5.82 Å². The van der Waals surface area contributed by atoms with E-state index in [1.807, 2.05) is 6.20 Å². The molecule has 1 aromatic rings. The number of aromatic nitrogens is 2. The second-order valence-corrected chi connectivity index (χ2v) is 5.62. The van der Waals surface area contributed by atoms with Crippen molar-refractivity contribution >= 4 is 5.82 Å². The van der Waals surface area contributed by atoms with Crippen LogP contribution in [0.5, 0.6) is 0 Å². The monoisotopic (exact) mass is 277 g/mol. The first-order chi connectivity index (χ1) is 9.72. The summed E-state index contributed by atoms with van der Waals surface area (Å²) in [7, 11) is 0. The standard InChI is InChI=1S/C17H31N3/c1-5-8-11-16-18-13-12-17(19-16)20(14-9-6-2)15(4)10-7-3/h12-13,15H,5-11,14H2,1-4H3. The summed E-state index contributed by atoms with van der Waals surface area (Å²) < 4.78 is 0. The van der Waals surface area contributed by atoms with Crippen LogP contribution in [0, 0.1) is 0 Å².